The van der Waals surface area contributed by atoms with E-state index in [4.69, 9.17) is 12.2 Å². The van der Waals surface area contributed by atoms with E-state index in [1.54, 1.807) is 0 Å². The van der Waals surface area contributed by atoms with Crippen molar-refractivity contribution in [3.8, 4) is 0 Å². The SMILES string of the molecule is CC1(C)CC(=O)CC(C)(C)N1C(=O)CCN1C(=O)C(=Cc2cccc(Br)c2)SC1=S. The lowest BCUT2D eigenvalue weighted by molar-refractivity contribution is -0.153. The number of rotatable bonds is 4. The van der Waals surface area contributed by atoms with Gasteiger partial charge in [-0.05, 0) is 51.5 Å². The second kappa shape index (κ2) is 8.55. The Morgan fingerprint density at radius 3 is 2.43 bits per heavy atom. The van der Waals surface area contributed by atoms with E-state index >= 15 is 0 Å². The van der Waals surface area contributed by atoms with Crippen LogP contribution in [0.4, 0.5) is 0 Å². The van der Waals surface area contributed by atoms with Crippen molar-refractivity contribution in [2.45, 2.75) is 58.0 Å². The standard InChI is InChI=1S/C22H25BrN2O3S2/c1-21(2)12-16(26)13-22(3,4)25(21)18(27)8-9-24-19(28)17(30-20(24)29)11-14-6-5-7-15(23)10-14/h5-7,10-11H,8-9,12-13H2,1-4H3. The predicted molar refractivity (Wildman–Crippen MR) is 128 cm³/mol. The number of benzene rings is 1. The minimum atomic E-state index is -0.550. The van der Waals surface area contributed by atoms with Gasteiger partial charge in [-0.25, -0.2) is 0 Å². The van der Waals surface area contributed by atoms with Gasteiger partial charge in [0.2, 0.25) is 5.91 Å². The normalized spacial score (nSPS) is 22.2. The lowest BCUT2D eigenvalue weighted by atomic mass is 9.78. The molecule has 0 aromatic heterocycles. The number of halogens is 1. The van der Waals surface area contributed by atoms with Crippen molar-refractivity contribution in [2.75, 3.05) is 6.54 Å². The minimum Gasteiger partial charge on any atom is -0.332 e. The highest BCUT2D eigenvalue weighted by molar-refractivity contribution is 9.10. The smallest absolute Gasteiger partial charge is 0.266 e. The maximum atomic E-state index is 13.1. The van der Waals surface area contributed by atoms with Crippen molar-refractivity contribution in [1.82, 2.24) is 9.80 Å². The van der Waals surface area contributed by atoms with Crippen LogP contribution < -0.4 is 0 Å². The maximum absolute atomic E-state index is 13.1. The summed E-state index contributed by atoms with van der Waals surface area (Å²) in [5, 5.41) is 0. The lowest BCUT2D eigenvalue weighted by Crippen LogP contribution is -2.63. The Morgan fingerprint density at radius 1 is 1.20 bits per heavy atom. The molecule has 2 saturated heterocycles. The molecule has 1 aromatic rings. The number of hydrogen-bond acceptors (Lipinski definition) is 5. The van der Waals surface area contributed by atoms with Gasteiger partial charge in [0.05, 0.1) is 4.91 Å². The number of piperidine rings is 1. The van der Waals surface area contributed by atoms with E-state index in [1.165, 1.54) is 16.7 Å². The zero-order valence-corrected chi connectivity index (χ0v) is 20.7. The molecule has 0 spiro atoms. The number of nitrogens with zero attached hydrogens (tertiary/aromatic N) is 2. The molecular weight excluding hydrogens is 484 g/mol. The molecule has 0 saturated carbocycles. The summed E-state index contributed by atoms with van der Waals surface area (Å²) in [6, 6.07) is 7.67. The molecule has 2 amide bonds. The van der Waals surface area contributed by atoms with Crippen molar-refractivity contribution in [1.29, 1.82) is 0 Å². The molecule has 5 nitrogen and oxygen atoms in total. The molecule has 3 rings (SSSR count). The fourth-order valence-corrected chi connectivity index (χ4v) is 6.17. The van der Waals surface area contributed by atoms with E-state index in [-0.39, 0.29) is 30.6 Å². The molecule has 2 aliphatic rings. The molecule has 0 aliphatic carbocycles. The summed E-state index contributed by atoms with van der Waals surface area (Å²) >= 11 is 10.1. The van der Waals surface area contributed by atoms with Gasteiger partial charge in [-0.15, -0.1) is 0 Å². The molecule has 1 aromatic carbocycles. The van der Waals surface area contributed by atoms with Gasteiger partial charge in [-0.1, -0.05) is 52.0 Å². The molecule has 0 N–H and O–H groups in total. The predicted octanol–water partition coefficient (Wildman–Crippen LogP) is 4.79. The average molecular weight is 509 g/mol. The van der Waals surface area contributed by atoms with Crippen molar-refractivity contribution in [2.24, 2.45) is 0 Å². The Kier molecular flexibility index (Phi) is 6.60. The van der Waals surface area contributed by atoms with Crippen LogP contribution in [0.15, 0.2) is 33.6 Å². The van der Waals surface area contributed by atoms with E-state index in [2.05, 4.69) is 15.9 Å². The summed E-state index contributed by atoms with van der Waals surface area (Å²) in [5.74, 6) is -0.0729. The number of carbonyl (C=O) groups is 3. The molecular formula is C22H25BrN2O3S2. The summed E-state index contributed by atoms with van der Waals surface area (Å²) < 4.78 is 1.39. The van der Waals surface area contributed by atoms with E-state index in [0.717, 1.165) is 10.0 Å². The quantitative estimate of drug-likeness (QED) is 0.432. The highest BCUT2D eigenvalue weighted by Crippen LogP contribution is 2.38. The Bertz CT molecular complexity index is 935. The first-order chi connectivity index (χ1) is 13.9. The Morgan fingerprint density at radius 2 is 1.83 bits per heavy atom. The van der Waals surface area contributed by atoms with Gasteiger partial charge in [0.1, 0.15) is 10.1 Å². The molecule has 0 radical (unpaired) electrons. The molecule has 0 unspecified atom stereocenters. The number of thiocarbonyl (C=S) groups is 1. The van der Waals surface area contributed by atoms with Gasteiger partial charge in [-0.3, -0.25) is 19.3 Å². The summed E-state index contributed by atoms with van der Waals surface area (Å²) in [5.41, 5.74) is -0.194. The van der Waals surface area contributed by atoms with Gasteiger partial charge in [0.25, 0.3) is 5.91 Å². The third kappa shape index (κ3) is 4.86. The number of Topliss-reactive ketones (excluding diaryl/α,β-unsaturated/α-hetero) is 1. The molecule has 2 fully saturated rings. The lowest BCUT2D eigenvalue weighted by Gasteiger charge is -2.52. The third-order valence-electron chi connectivity index (χ3n) is 5.29. The number of likely N-dealkylation sites (tertiary alicyclic amines) is 1. The molecule has 8 heteroatoms. The van der Waals surface area contributed by atoms with Crippen LogP contribution in [0.3, 0.4) is 0 Å². The average Bonchev–Trinajstić information content (AvgIpc) is 2.83. The first-order valence-corrected chi connectivity index (χ1v) is 11.8. The van der Waals surface area contributed by atoms with Crippen molar-refractivity contribution < 1.29 is 14.4 Å². The first kappa shape index (κ1) is 23.2. The van der Waals surface area contributed by atoms with Crippen LogP contribution in [0.2, 0.25) is 0 Å². The topological polar surface area (TPSA) is 57.7 Å². The zero-order valence-electron chi connectivity index (χ0n) is 17.5. The van der Waals surface area contributed by atoms with Crippen LogP contribution >= 0.6 is 39.9 Å². The summed E-state index contributed by atoms with van der Waals surface area (Å²) in [7, 11) is 0. The maximum Gasteiger partial charge on any atom is 0.266 e. The van der Waals surface area contributed by atoms with Crippen LogP contribution in [0, 0.1) is 0 Å². The largest absolute Gasteiger partial charge is 0.332 e. The van der Waals surface area contributed by atoms with E-state index in [0.29, 0.717) is 22.1 Å². The Labute approximate surface area is 195 Å². The molecule has 0 bridgehead atoms. The number of carbonyl (C=O) groups excluding carboxylic acids is 3. The molecule has 0 atom stereocenters. The van der Waals surface area contributed by atoms with Crippen LogP contribution in [0.5, 0.6) is 0 Å². The molecule has 2 aliphatic heterocycles. The molecule has 2 heterocycles. The summed E-state index contributed by atoms with van der Waals surface area (Å²) in [4.78, 5) is 41.9. The van der Waals surface area contributed by atoms with Crippen molar-refractivity contribution in [3.63, 3.8) is 0 Å². The van der Waals surface area contributed by atoms with Crippen molar-refractivity contribution >= 4 is 67.9 Å². The zero-order chi connectivity index (χ0) is 22.3. The summed E-state index contributed by atoms with van der Waals surface area (Å²) in [6.07, 6.45) is 2.67. The third-order valence-corrected chi connectivity index (χ3v) is 7.16. The second-order valence-electron chi connectivity index (χ2n) is 8.88. The number of hydrogen-bond donors (Lipinski definition) is 0. The molecule has 160 valence electrons. The fraction of sp³-hybridized carbons (Fsp3) is 0.455. The number of thioether (sulfide) groups is 1. The number of amides is 2. The first-order valence-electron chi connectivity index (χ1n) is 9.76. The van der Waals surface area contributed by atoms with Crippen LogP contribution in [0.1, 0.15) is 52.5 Å². The van der Waals surface area contributed by atoms with Crippen LogP contribution in [-0.2, 0) is 14.4 Å². The van der Waals surface area contributed by atoms with Gasteiger partial charge in [0.15, 0.2) is 0 Å². The minimum absolute atomic E-state index is 0.0671. The van der Waals surface area contributed by atoms with Crippen LogP contribution in [0.25, 0.3) is 6.08 Å². The second-order valence-corrected chi connectivity index (χ2v) is 11.5. The van der Waals surface area contributed by atoms with Crippen molar-refractivity contribution in [3.05, 3.63) is 39.2 Å². The Hall–Kier alpha value is -1.51. The highest BCUT2D eigenvalue weighted by Gasteiger charge is 2.47. The number of ketones is 1. The van der Waals surface area contributed by atoms with Gasteiger partial charge >= 0.3 is 0 Å². The summed E-state index contributed by atoms with van der Waals surface area (Å²) in [6.45, 7) is 7.91. The monoisotopic (exact) mass is 508 g/mol. The van der Waals surface area contributed by atoms with Gasteiger partial charge in [-0.2, -0.15) is 0 Å². The fourth-order valence-electron chi connectivity index (χ4n) is 4.44. The van der Waals surface area contributed by atoms with Gasteiger partial charge in [0, 0.05) is 41.4 Å². The van der Waals surface area contributed by atoms with Crippen LogP contribution in [-0.4, -0.2) is 49.3 Å². The molecule has 30 heavy (non-hydrogen) atoms. The van der Waals surface area contributed by atoms with E-state index < -0.39 is 11.1 Å². The van der Waals surface area contributed by atoms with E-state index in [1.807, 2.05) is 62.9 Å². The van der Waals surface area contributed by atoms with Gasteiger partial charge < -0.3 is 4.90 Å². The Balaban J connectivity index is 1.71. The highest BCUT2D eigenvalue weighted by atomic mass is 79.9. The van der Waals surface area contributed by atoms with E-state index in [9.17, 15) is 14.4 Å².